The van der Waals surface area contributed by atoms with Gasteiger partial charge in [0, 0.05) is 30.3 Å². The molecule has 0 amide bonds. The van der Waals surface area contributed by atoms with Gasteiger partial charge in [0.05, 0.1) is 5.69 Å². The highest BCUT2D eigenvalue weighted by Crippen LogP contribution is 2.35. The molecule has 0 atom stereocenters. The van der Waals surface area contributed by atoms with Crippen LogP contribution < -0.4 is 5.73 Å². The van der Waals surface area contributed by atoms with Crippen molar-refractivity contribution < 1.29 is 13.2 Å². The molecule has 7 heteroatoms. The molecule has 0 saturated heterocycles. The number of nitrogen functional groups attached to an aromatic ring is 1. The number of benzene rings is 2. The van der Waals surface area contributed by atoms with Gasteiger partial charge in [0.25, 0.3) is 0 Å². The normalized spacial score (nSPS) is 14.4. The Morgan fingerprint density at radius 2 is 1.64 bits per heavy atom. The quantitative estimate of drug-likeness (QED) is 0.727. The van der Waals surface area contributed by atoms with E-state index in [4.69, 9.17) is 5.73 Å². The number of hydrogen-bond donors (Lipinski definition) is 1. The maximum absolute atomic E-state index is 15.4. The predicted octanol–water partition coefficient (Wildman–Crippen LogP) is 4.02. The molecule has 1 aliphatic rings. The number of hydrogen-bond acceptors (Lipinski definition) is 4. The number of nitrogens with two attached hydrogens (primary N) is 1. The maximum atomic E-state index is 15.4. The van der Waals surface area contributed by atoms with Crippen molar-refractivity contribution in [2.45, 2.75) is 6.54 Å². The van der Waals surface area contributed by atoms with Crippen molar-refractivity contribution in [2.24, 2.45) is 0 Å². The lowest BCUT2D eigenvalue weighted by atomic mass is 9.91. The second-order valence-electron chi connectivity index (χ2n) is 6.77. The van der Waals surface area contributed by atoms with Crippen LogP contribution in [0.15, 0.2) is 48.5 Å². The predicted molar refractivity (Wildman–Crippen MR) is 102 cm³/mol. The summed E-state index contributed by atoms with van der Waals surface area (Å²) in [5.74, 6) is -1.54. The molecule has 0 aliphatic carbocycles. The van der Waals surface area contributed by atoms with Crippen molar-refractivity contribution >= 4 is 11.4 Å². The molecule has 1 aliphatic heterocycles. The molecule has 2 N–H and O–H groups in total. The molecule has 28 heavy (non-hydrogen) atoms. The highest BCUT2D eigenvalue weighted by Gasteiger charge is 2.22. The first-order valence-electron chi connectivity index (χ1n) is 8.69. The average Bonchev–Trinajstić information content (AvgIpc) is 2.81. The third-order valence-electron chi connectivity index (χ3n) is 4.70. The van der Waals surface area contributed by atoms with Gasteiger partial charge < -0.3 is 5.73 Å². The van der Waals surface area contributed by atoms with Crippen molar-refractivity contribution in [1.29, 1.82) is 0 Å². The Labute approximate surface area is 160 Å². The number of anilines is 1. The molecular weight excluding hydrogens is 365 g/mol. The molecule has 1 aromatic heterocycles. The second-order valence-corrected chi connectivity index (χ2v) is 6.77. The molecule has 0 fully saturated rings. The van der Waals surface area contributed by atoms with Crippen LogP contribution in [0.3, 0.4) is 0 Å². The third kappa shape index (κ3) is 3.36. The summed E-state index contributed by atoms with van der Waals surface area (Å²) in [6.45, 7) is 0.855. The van der Waals surface area contributed by atoms with Crippen molar-refractivity contribution in [3.05, 3.63) is 82.7 Å². The molecule has 4 rings (SSSR count). The van der Waals surface area contributed by atoms with Crippen LogP contribution in [0.25, 0.3) is 16.8 Å². The monoisotopic (exact) mass is 382 g/mol. The molecule has 0 unspecified atom stereocenters. The molecule has 4 nitrogen and oxygen atoms in total. The van der Waals surface area contributed by atoms with Crippen LogP contribution in [-0.4, -0.2) is 28.7 Å². The van der Waals surface area contributed by atoms with Crippen LogP contribution in [0, 0.1) is 17.5 Å². The Bertz CT molecular complexity index is 1060. The summed E-state index contributed by atoms with van der Waals surface area (Å²) < 4.78 is 43.0. The van der Waals surface area contributed by atoms with E-state index in [0.29, 0.717) is 46.6 Å². The summed E-state index contributed by atoms with van der Waals surface area (Å²) in [4.78, 5) is 1.92. The van der Waals surface area contributed by atoms with Gasteiger partial charge >= 0.3 is 0 Å². The number of nitrogens with zero attached hydrogens (tertiary/aromatic N) is 3. The number of aromatic nitrogens is 2. The van der Waals surface area contributed by atoms with Crippen molar-refractivity contribution in [3.63, 3.8) is 0 Å². The summed E-state index contributed by atoms with van der Waals surface area (Å²) in [5.41, 5.74) is 8.21. The first kappa shape index (κ1) is 18.2. The smallest absolute Gasteiger partial charge is 0.146 e. The SMILES string of the molecule is CN1CC=C(c2cc(F)cc(F)c2)c2ccc(-c3ccc(N)nn3)c(F)c2C1. The zero-order chi connectivity index (χ0) is 19.8. The lowest BCUT2D eigenvalue weighted by molar-refractivity contribution is 0.358. The van der Waals surface area contributed by atoms with E-state index in [0.717, 1.165) is 6.07 Å². The van der Waals surface area contributed by atoms with E-state index in [1.165, 1.54) is 12.1 Å². The minimum absolute atomic E-state index is 0.247. The van der Waals surface area contributed by atoms with E-state index in [-0.39, 0.29) is 5.82 Å². The van der Waals surface area contributed by atoms with Crippen LogP contribution in [0.2, 0.25) is 0 Å². The first-order chi connectivity index (χ1) is 13.4. The van der Waals surface area contributed by atoms with Gasteiger partial charge in [0.15, 0.2) is 0 Å². The van der Waals surface area contributed by atoms with Gasteiger partial charge in [-0.15, -0.1) is 10.2 Å². The van der Waals surface area contributed by atoms with Gasteiger partial charge in [-0.05, 0) is 54.1 Å². The molecule has 2 aromatic carbocycles. The minimum atomic E-state index is -0.677. The van der Waals surface area contributed by atoms with Gasteiger partial charge in [0.1, 0.15) is 23.3 Å². The second kappa shape index (κ2) is 7.09. The van der Waals surface area contributed by atoms with Gasteiger partial charge in [-0.25, -0.2) is 13.2 Å². The van der Waals surface area contributed by atoms with E-state index < -0.39 is 17.5 Å². The van der Waals surface area contributed by atoms with E-state index in [1.807, 2.05) is 18.0 Å². The lowest BCUT2D eigenvalue weighted by Gasteiger charge is -2.17. The third-order valence-corrected chi connectivity index (χ3v) is 4.70. The Hall–Kier alpha value is -3.19. The molecule has 0 bridgehead atoms. The molecule has 0 radical (unpaired) electrons. The lowest BCUT2D eigenvalue weighted by Crippen LogP contribution is -2.17. The standard InChI is InChI=1S/C21H17F3N4/c1-28-7-6-15(12-8-13(22)10-14(23)9-12)16-2-3-17(21(24)18(16)11-28)19-4-5-20(25)27-26-19/h2-6,8-10H,7,11H2,1H3,(H2,25,27). The first-order valence-corrected chi connectivity index (χ1v) is 8.69. The van der Waals surface area contributed by atoms with E-state index >= 15 is 4.39 Å². The van der Waals surface area contributed by atoms with Crippen LogP contribution in [0.4, 0.5) is 19.0 Å². The van der Waals surface area contributed by atoms with Crippen molar-refractivity contribution in [3.8, 4) is 11.3 Å². The van der Waals surface area contributed by atoms with Crippen LogP contribution in [0.1, 0.15) is 16.7 Å². The summed E-state index contributed by atoms with van der Waals surface area (Å²) >= 11 is 0. The number of rotatable bonds is 2. The Morgan fingerprint density at radius 1 is 0.929 bits per heavy atom. The number of fused-ring (bicyclic) bond motifs is 1. The Morgan fingerprint density at radius 3 is 2.32 bits per heavy atom. The van der Waals surface area contributed by atoms with Gasteiger partial charge in [-0.1, -0.05) is 12.1 Å². The van der Waals surface area contributed by atoms with Gasteiger partial charge in [-0.3, -0.25) is 4.90 Å². The molecule has 0 saturated carbocycles. The summed E-state index contributed by atoms with van der Waals surface area (Å²) in [7, 11) is 1.85. The number of halogens is 3. The largest absolute Gasteiger partial charge is 0.382 e. The van der Waals surface area contributed by atoms with Gasteiger partial charge in [-0.2, -0.15) is 0 Å². The molecular formula is C21H17F3N4. The topological polar surface area (TPSA) is 55.0 Å². The zero-order valence-electron chi connectivity index (χ0n) is 15.1. The van der Waals surface area contributed by atoms with Gasteiger partial charge in [0.2, 0.25) is 0 Å². The summed E-state index contributed by atoms with van der Waals surface area (Å²) in [6, 6.07) is 9.83. The summed E-state index contributed by atoms with van der Waals surface area (Å²) in [5, 5.41) is 7.74. The zero-order valence-corrected chi connectivity index (χ0v) is 15.1. The van der Waals surface area contributed by atoms with E-state index in [1.54, 1.807) is 24.3 Å². The summed E-state index contributed by atoms with van der Waals surface area (Å²) in [6.07, 6.45) is 1.85. The maximum Gasteiger partial charge on any atom is 0.146 e. The van der Waals surface area contributed by atoms with Crippen LogP contribution in [0.5, 0.6) is 0 Å². The molecule has 142 valence electrons. The molecule has 0 spiro atoms. The number of likely N-dealkylation sites (N-methyl/N-ethyl adjacent to an activating group) is 1. The fraction of sp³-hybridized carbons (Fsp3) is 0.143. The Balaban J connectivity index is 1.88. The van der Waals surface area contributed by atoms with Crippen LogP contribution >= 0.6 is 0 Å². The van der Waals surface area contributed by atoms with Crippen molar-refractivity contribution in [1.82, 2.24) is 15.1 Å². The fourth-order valence-corrected chi connectivity index (χ4v) is 3.39. The van der Waals surface area contributed by atoms with E-state index in [9.17, 15) is 8.78 Å². The molecule has 2 heterocycles. The van der Waals surface area contributed by atoms with Crippen LogP contribution in [-0.2, 0) is 6.54 Å². The minimum Gasteiger partial charge on any atom is -0.382 e. The highest BCUT2D eigenvalue weighted by molar-refractivity contribution is 5.83. The average molecular weight is 382 g/mol. The fourth-order valence-electron chi connectivity index (χ4n) is 3.39. The van der Waals surface area contributed by atoms with E-state index in [2.05, 4.69) is 10.2 Å². The Kier molecular flexibility index (Phi) is 4.60. The molecule has 3 aromatic rings. The van der Waals surface area contributed by atoms with Crippen molar-refractivity contribution in [2.75, 3.05) is 19.3 Å². The highest BCUT2D eigenvalue weighted by atomic mass is 19.1.